The molecule has 1 aromatic heterocycles. The number of β-amino-alcohol motifs (C(OH)–C–C–N with tert-alkyl or cyclic N) is 1. The molecular weight excluding hydrogens is 1250 g/mol. The number of nitrogens with zero attached hydrogens (tertiary/aromatic N) is 3. The van der Waals surface area contributed by atoms with E-state index in [9.17, 15) is 79.4 Å². The van der Waals surface area contributed by atoms with Gasteiger partial charge in [-0.1, -0.05) is 68.4 Å². The summed E-state index contributed by atoms with van der Waals surface area (Å²) in [7, 11) is 0. The van der Waals surface area contributed by atoms with Gasteiger partial charge in [0.05, 0.1) is 54.5 Å². The summed E-state index contributed by atoms with van der Waals surface area (Å²) in [5, 5.41) is 105. The number of ether oxygens (including phenoxy) is 1. The molecular formula is C60H70N9NaO20S2. The Hall–Kier alpha value is -7.34. The number of carbonyl (C=O) groups is 8. The van der Waals surface area contributed by atoms with E-state index in [0.29, 0.717) is 12.2 Å². The number of thiazole rings is 1. The molecule has 8 rings (SSSR count). The summed E-state index contributed by atoms with van der Waals surface area (Å²) in [5.74, 6) is -10.3. The SMILES string of the molecule is CCCOc1ccc(-c2ccc(-c3ncc(-c4ccc(C(=O)N[C@H]5CC(O)CNC(=O)C6C(O)C(C)CN6C(=O)C(C(O)CC(N)=O)NC(=O)C(C(O)Cc6ccc(O)c(OSOO[O-])c6)NC(=O)C6CC(O)CN6C(=O)C(C(C)O)NC5=O)cc4)s3)cc2)cc1.[Na+]. The summed E-state index contributed by atoms with van der Waals surface area (Å²) in [5.41, 5.74) is 9.07. The second-order valence-electron chi connectivity index (χ2n) is 22.3. The molecule has 92 heavy (non-hydrogen) atoms. The second-order valence-corrected chi connectivity index (χ2v) is 23.8. The van der Waals surface area contributed by atoms with Crippen LogP contribution in [0.15, 0.2) is 97.2 Å². The fourth-order valence-electron chi connectivity index (χ4n) is 10.8. The van der Waals surface area contributed by atoms with E-state index in [4.69, 9.17) is 14.7 Å². The van der Waals surface area contributed by atoms with Gasteiger partial charge in [-0.15, -0.1) is 15.7 Å². The summed E-state index contributed by atoms with van der Waals surface area (Å²) in [6, 6.07) is 13.7. The third-order valence-electron chi connectivity index (χ3n) is 15.5. The number of hydrogen-bond acceptors (Lipinski definition) is 23. The standard InChI is InChI=1S/C60H71N9O20S2.Na/c1-4-19-86-39-16-14-33(15-17-39)32-6-12-36(13-7-32)58-63-26-46(90-58)34-8-10-35(11-9-34)53(78)64-40-22-37(71)25-62-57(82)51-52(77)29(2)27-69(51)60(84)50(44(75)24-47(61)76)67-56(81)49(43(74)20-31-5-18-42(73)45(21-31)87-91-89-88-85)66-55(80)41-23-38(72)28-68(41)59(83)48(30(3)70)65-54(40)79;/h5-18,21,26,29-30,37-38,40-41,43-44,48-52,70-75,77,85H,4,19-20,22-25,27-28H2,1-3H3,(H2,61,76)(H,62,82)(H,64,78)(H,65,79)(H,66,80)(H,67,81);/q;+1/p-1/t29?,30?,37?,38?,40-,41?,43?,44?,48?,49?,50?,51?,52?;/m0./s1. The number of benzene rings is 4. The molecule has 12 unspecified atom stereocenters. The molecule has 4 heterocycles. The van der Waals surface area contributed by atoms with Gasteiger partial charge in [0.2, 0.25) is 41.4 Å². The predicted octanol–water partition coefficient (Wildman–Crippen LogP) is -4.37. The van der Waals surface area contributed by atoms with E-state index in [1.807, 2.05) is 55.5 Å². The van der Waals surface area contributed by atoms with Crippen molar-refractivity contribution in [3.63, 3.8) is 0 Å². The van der Waals surface area contributed by atoms with Crippen LogP contribution in [0.2, 0.25) is 0 Å². The van der Waals surface area contributed by atoms with E-state index < -0.39 is 177 Å². The fourth-order valence-corrected chi connectivity index (χ4v) is 11.9. The summed E-state index contributed by atoms with van der Waals surface area (Å²) >= 11 is 1.40. The first-order chi connectivity index (χ1) is 43.4. The molecule has 0 saturated carbocycles. The monoisotopic (exact) mass is 1320 g/mol. The number of fused-ring (bicyclic) bond motifs is 2. The van der Waals surface area contributed by atoms with Gasteiger partial charge in [0.1, 0.15) is 47.0 Å². The summed E-state index contributed by atoms with van der Waals surface area (Å²) in [6.45, 7) is 3.53. The van der Waals surface area contributed by atoms with Gasteiger partial charge in [0, 0.05) is 62.1 Å². The van der Waals surface area contributed by atoms with Crippen molar-refractivity contribution < 1.29 is 127 Å². The number of phenols is 1. The van der Waals surface area contributed by atoms with Gasteiger partial charge < -0.3 is 92.0 Å². The first kappa shape index (κ1) is 72.1. The van der Waals surface area contributed by atoms with Crippen LogP contribution in [0.25, 0.3) is 32.1 Å². The van der Waals surface area contributed by atoms with Gasteiger partial charge in [-0.3, -0.25) is 43.4 Å². The van der Waals surface area contributed by atoms with E-state index in [1.165, 1.54) is 36.5 Å². The molecule has 0 bridgehead atoms. The Bertz CT molecular complexity index is 3410. The zero-order chi connectivity index (χ0) is 65.8. The fraction of sp³-hybridized carbons (Fsp3) is 0.417. The van der Waals surface area contributed by atoms with E-state index in [-0.39, 0.29) is 58.8 Å². The first-order valence-electron chi connectivity index (χ1n) is 28.9. The number of rotatable bonds is 19. The normalized spacial score (nSPS) is 24.5. The quantitative estimate of drug-likeness (QED) is 0.0122. The van der Waals surface area contributed by atoms with Crippen molar-refractivity contribution in [3.05, 3.63) is 108 Å². The van der Waals surface area contributed by atoms with Crippen molar-refractivity contribution in [1.82, 2.24) is 41.4 Å². The minimum absolute atomic E-state index is 0. The maximum atomic E-state index is 14.7. The zero-order valence-electron chi connectivity index (χ0n) is 50.3. The molecule has 0 spiro atoms. The van der Waals surface area contributed by atoms with Crippen molar-refractivity contribution in [2.45, 2.75) is 126 Å². The number of aliphatic hydroxyl groups is 6. The molecule has 32 heteroatoms. The molecule has 13 atom stereocenters. The summed E-state index contributed by atoms with van der Waals surface area (Å²) in [6.07, 6.45) is -11.1. The molecule has 4 aromatic carbocycles. The van der Waals surface area contributed by atoms with Gasteiger partial charge in [-0.2, -0.15) is 0 Å². The van der Waals surface area contributed by atoms with E-state index in [0.717, 1.165) is 67.6 Å². The molecule has 3 fully saturated rings. The molecule has 3 saturated heterocycles. The number of hydrogen-bond donors (Lipinski definition) is 13. The Morgan fingerprint density at radius 2 is 1.41 bits per heavy atom. The van der Waals surface area contributed by atoms with E-state index in [2.05, 4.69) is 40.9 Å². The van der Waals surface area contributed by atoms with Crippen molar-refractivity contribution in [2.24, 2.45) is 11.7 Å². The number of nitrogens with two attached hydrogens (primary N) is 1. The van der Waals surface area contributed by atoms with Gasteiger partial charge in [-0.25, -0.2) is 4.98 Å². The molecule has 14 N–H and O–H groups in total. The third kappa shape index (κ3) is 18.1. The Morgan fingerprint density at radius 3 is 2.07 bits per heavy atom. The van der Waals surface area contributed by atoms with Gasteiger partial charge in [-0.05, 0) is 72.0 Å². The van der Waals surface area contributed by atoms with Crippen molar-refractivity contribution in [2.75, 3.05) is 26.2 Å². The smallest absolute Gasteiger partial charge is 0.691 e. The van der Waals surface area contributed by atoms with Crippen LogP contribution in [0, 0.1) is 5.92 Å². The number of amides is 8. The third-order valence-corrected chi connectivity index (χ3v) is 17.0. The molecule has 0 radical (unpaired) electrons. The van der Waals surface area contributed by atoms with Crippen molar-refractivity contribution >= 4 is 70.9 Å². The van der Waals surface area contributed by atoms with Gasteiger partial charge in [0.25, 0.3) is 18.2 Å². The average Bonchev–Trinajstić information content (AvgIpc) is 1.63. The van der Waals surface area contributed by atoms with Crippen LogP contribution >= 0.6 is 23.7 Å². The second kappa shape index (κ2) is 33.0. The van der Waals surface area contributed by atoms with Crippen LogP contribution in [-0.2, 0) is 49.4 Å². The number of phenolic OH excluding ortho intramolecular Hbond substituents is 1. The first-order valence-corrected chi connectivity index (χ1v) is 30.4. The van der Waals surface area contributed by atoms with Crippen LogP contribution in [0.1, 0.15) is 62.4 Å². The Balaban J connectivity index is 0.0000120. The average molecular weight is 1320 g/mol. The number of aromatic hydroxyl groups is 1. The summed E-state index contributed by atoms with van der Waals surface area (Å²) in [4.78, 5) is 121. The number of nitrogens with one attached hydrogen (secondary N) is 5. The maximum absolute atomic E-state index is 14.7. The number of aromatic nitrogens is 1. The minimum Gasteiger partial charge on any atom is -0.691 e. The van der Waals surface area contributed by atoms with Crippen LogP contribution in [0.4, 0.5) is 0 Å². The molecule has 3 aliphatic heterocycles. The van der Waals surface area contributed by atoms with Crippen LogP contribution in [0.5, 0.6) is 17.2 Å². The molecule has 5 aromatic rings. The van der Waals surface area contributed by atoms with Gasteiger partial charge >= 0.3 is 29.6 Å². The van der Waals surface area contributed by atoms with Gasteiger partial charge in [0.15, 0.2) is 11.5 Å². The van der Waals surface area contributed by atoms with Crippen LogP contribution < -0.4 is 76.1 Å². The molecule has 29 nitrogen and oxygen atoms in total. The van der Waals surface area contributed by atoms with Crippen molar-refractivity contribution in [1.29, 1.82) is 0 Å². The van der Waals surface area contributed by atoms with Crippen LogP contribution in [0.3, 0.4) is 0 Å². The zero-order valence-corrected chi connectivity index (χ0v) is 53.9. The number of carbonyl (C=O) groups excluding carboxylic acids is 8. The van der Waals surface area contributed by atoms with E-state index >= 15 is 0 Å². The predicted molar refractivity (Wildman–Crippen MR) is 321 cm³/mol. The maximum Gasteiger partial charge on any atom is 1.00 e. The Labute approximate surface area is 557 Å². The topological polar surface area (TPSA) is 444 Å². The van der Waals surface area contributed by atoms with E-state index in [1.54, 1.807) is 18.3 Å². The number of primary amides is 1. The van der Waals surface area contributed by atoms with Crippen LogP contribution in [-0.4, -0.2) is 197 Å². The number of aliphatic hydroxyl groups excluding tert-OH is 6. The minimum atomic E-state index is -2.22. The van der Waals surface area contributed by atoms with Crippen molar-refractivity contribution in [3.8, 4) is 49.4 Å². The molecule has 3 aliphatic rings. The summed E-state index contributed by atoms with van der Waals surface area (Å²) < 4.78 is 14.9. The molecule has 488 valence electrons. The Morgan fingerprint density at radius 1 is 0.783 bits per heavy atom. The largest absolute Gasteiger partial charge is 1.00 e. The molecule has 0 aliphatic carbocycles. The Kier molecular flexibility index (Phi) is 25.8. The molecule has 8 amide bonds.